The van der Waals surface area contributed by atoms with Gasteiger partial charge in [0.2, 0.25) is 0 Å². The van der Waals surface area contributed by atoms with Crippen LogP contribution in [0.1, 0.15) is 47.2 Å². The number of fused-ring (bicyclic) bond motifs is 4. The Morgan fingerprint density at radius 2 is 0.935 bits per heavy atom. The number of anilines is 4. The second kappa shape index (κ2) is 12.7. The van der Waals surface area contributed by atoms with E-state index in [0.717, 1.165) is 35.3 Å². The molecule has 0 N–H and O–H groups in total. The summed E-state index contributed by atoms with van der Waals surface area (Å²) in [7, 11) is 0. The Morgan fingerprint density at radius 3 is 1.35 bits per heavy atom. The van der Waals surface area contributed by atoms with Gasteiger partial charge in [-0.2, -0.15) is 10.5 Å². The van der Waals surface area contributed by atoms with Crippen LogP contribution in [0.25, 0.3) is 24.3 Å². The molecule has 0 amide bonds. The number of para-hydroxylation sites is 2. The van der Waals surface area contributed by atoms with E-state index in [-0.39, 0.29) is 0 Å². The minimum Gasteiger partial charge on any atom is -0.340 e. The molecular weight excluding hydrogens is 601 g/mol. The van der Waals surface area contributed by atoms with E-state index < -0.39 is 0 Å². The monoisotopic (exact) mass is 630 g/mol. The normalized spacial score (nSPS) is 13.1. The van der Waals surface area contributed by atoms with Crippen LogP contribution in [0.2, 0.25) is 0 Å². The van der Waals surface area contributed by atoms with Gasteiger partial charge in [0.1, 0.15) is 0 Å². The molecule has 2 aliphatic rings. The Labute approximate surface area is 278 Å². The molecule has 0 fully saturated rings. The van der Waals surface area contributed by atoms with E-state index in [1.165, 1.54) is 42.3 Å². The minimum absolute atomic E-state index is 0.532. The van der Waals surface area contributed by atoms with Crippen molar-refractivity contribution in [2.45, 2.75) is 33.4 Å². The average Bonchev–Trinajstić information content (AvgIpc) is 3.10. The van der Waals surface area contributed by atoms with Crippen molar-refractivity contribution in [3.63, 3.8) is 0 Å². The van der Waals surface area contributed by atoms with Crippen LogP contribution in [0, 0.1) is 22.7 Å². The highest BCUT2D eigenvalue weighted by Crippen LogP contribution is 2.49. The molecule has 0 unspecified atom stereocenters. The second-order valence-electron chi connectivity index (χ2n) is 11.0. The molecule has 4 nitrogen and oxygen atoms in total. The first-order chi connectivity index (χ1) is 22.6. The number of benzene rings is 5. The number of nitriles is 2. The highest BCUT2D eigenvalue weighted by atomic mass is 32.2. The first-order valence-corrected chi connectivity index (χ1v) is 16.9. The molecule has 2 heterocycles. The van der Waals surface area contributed by atoms with Gasteiger partial charge < -0.3 is 9.80 Å². The van der Waals surface area contributed by atoms with Crippen LogP contribution in [0.15, 0.2) is 117 Å². The van der Waals surface area contributed by atoms with Gasteiger partial charge in [-0.15, -0.1) is 0 Å². The molecule has 46 heavy (non-hydrogen) atoms. The summed E-state index contributed by atoms with van der Waals surface area (Å²) < 4.78 is 0. The Balaban J connectivity index is 1.15. The van der Waals surface area contributed by atoms with Crippen LogP contribution in [0.3, 0.4) is 0 Å². The highest BCUT2D eigenvalue weighted by molar-refractivity contribution is 8.00. The summed E-state index contributed by atoms with van der Waals surface area (Å²) >= 11 is 3.56. The maximum Gasteiger partial charge on any atom is 0.0998 e. The molecular formula is C40H30N4S2. The number of hydrogen-bond acceptors (Lipinski definition) is 6. The molecule has 0 atom stereocenters. The molecule has 5 aromatic rings. The minimum atomic E-state index is 0.532. The summed E-state index contributed by atoms with van der Waals surface area (Å²) in [5, 5.41) is 20.1. The standard InChI is InChI=1S/C40H30N4S2/c1-3-43-33-9-5-7-11-37(33)45-39-21-27(15-19-35(39)43)13-17-29-23-32(26-42)30(24-31(29)25-41)18-14-28-16-20-36-40(22-28)46-38-12-8-6-10-34(38)44(36)4-2/h5-24H,3-4H2,1-2H3. The van der Waals surface area contributed by atoms with Crippen LogP contribution in [0.5, 0.6) is 0 Å². The van der Waals surface area contributed by atoms with Crippen molar-refractivity contribution in [2.24, 2.45) is 0 Å². The Kier molecular flexibility index (Phi) is 8.16. The predicted octanol–water partition coefficient (Wildman–Crippen LogP) is 11.0. The van der Waals surface area contributed by atoms with E-state index in [9.17, 15) is 10.5 Å². The molecule has 2 aliphatic heterocycles. The van der Waals surface area contributed by atoms with Gasteiger partial charge in [0.05, 0.1) is 46.0 Å². The van der Waals surface area contributed by atoms with Gasteiger partial charge in [0, 0.05) is 32.7 Å². The van der Waals surface area contributed by atoms with Crippen LogP contribution < -0.4 is 9.80 Å². The molecule has 5 aromatic carbocycles. The maximum atomic E-state index is 10.0. The predicted molar refractivity (Wildman–Crippen MR) is 193 cm³/mol. The molecule has 0 aliphatic carbocycles. The summed E-state index contributed by atoms with van der Waals surface area (Å²) in [6, 6.07) is 38.2. The van der Waals surface area contributed by atoms with Crippen molar-refractivity contribution in [3.05, 3.63) is 130 Å². The maximum absolute atomic E-state index is 10.0. The van der Waals surface area contributed by atoms with Crippen LogP contribution in [-0.2, 0) is 0 Å². The van der Waals surface area contributed by atoms with Crippen molar-refractivity contribution in [1.29, 1.82) is 10.5 Å². The smallest absolute Gasteiger partial charge is 0.0998 e. The third-order valence-electron chi connectivity index (χ3n) is 8.31. The highest BCUT2D eigenvalue weighted by Gasteiger charge is 2.23. The third kappa shape index (κ3) is 5.48. The van der Waals surface area contributed by atoms with Crippen LogP contribution in [-0.4, -0.2) is 13.1 Å². The molecule has 0 radical (unpaired) electrons. The fourth-order valence-corrected chi connectivity index (χ4v) is 8.35. The Hall–Kier alpha value is -5.14. The van der Waals surface area contributed by atoms with E-state index in [2.05, 4.69) is 121 Å². The van der Waals surface area contributed by atoms with E-state index in [4.69, 9.17) is 0 Å². The van der Waals surface area contributed by atoms with Crippen LogP contribution in [0.4, 0.5) is 22.7 Å². The Morgan fingerprint density at radius 1 is 0.522 bits per heavy atom. The van der Waals surface area contributed by atoms with Crippen molar-refractivity contribution >= 4 is 70.6 Å². The molecule has 0 spiro atoms. The molecule has 0 bridgehead atoms. The topological polar surface area (TPSA) is 54.1 Å². The van der Waals surface area contributed by atoms with Crippen LogP contribution >= 0.6 is 23.5 Å². The lowest BCUT2D eigenvalue weighted by Crippen LogP contribution is -2.19. The van der Waals surface area contributed by atoms with Crippen molar-refractivity contribution in [1.82, 2.24) is 0 Å². The molecule has 0 saturated carbocycles. The fourth-order valence-electron chi connectivity index (χ4n) is 6.06. The number of hydrogen-bond donors (Lipinski definition) is 0. The van der Waals surface area contributed by atoms with Gasteiger partial charge in [-0.1, -0.05) is 84.2 Å². The van der Waals surface area contributed by atoms with Gasteiger partial charge in [0.15, 0.2) is 0 Å². The zero-order valence-electron chi connectivity index (χ0n) is 25.6. The molecule has 0 saturated heterocycles. The van der Waals surface area contributed by atoms with E-state index in [1.807, 2.05) is 36.4 Å². The Bertz CT molecular complexity index is 1980. The summed E-state index contributed by atoms with van der Waals surface area (Å²) in [4.78, 5) is 9.58. The molecule has 0 aromatic heterocycles. The number of nitrogens with zero attached hydrogens (tertiary/aromatic N) is 4. The molecule has 7 rings (SSSR count). The molecule has 222 valence electrons. The van der Waals surface area contributed by atoms with E-state index >= 15 is 0 Å². The van der Waals surface area contributed by atoms with Gasteiger partial charge in [-0.25, -0.2) is 0 Å². The molecule has 6 heteroatoms. The number of rotatable bonds is 6. The van der Waals surface area contributed by atoms with Crippen molar-refractivity contribution < 1.29 is 0 Å². The third-order valence-corrected chi connectivity index (χ3v) is 10.5. The first-order valence-electron chi connectivity index (χ1n) is 15.3. The average molecular weight is 631 g/mol. The van der Waals surface area contributed by atoms with E-state index in [0.29, 0.717) is 11.1 Å². The van der Waals surface area contributed by atoms with Gasteiger partial charge in [-0.3, -0.25) is 0 Å². The zero-order valence-corrected chi connectivity index (χ0v) is 27.2. The summed E-state index contributed by atoms with van der Waals surface area (Å²) in [5.41, 5.74) is 9.49. The summed E-state index contributed by atoms with van der Waals surface area (Å²) in [6.45, 7) is 6.12. The SMILES string of the molecule is CCN1c2ccccc2Sc2cc(C=Cc3cc(C#N)c(C=Cc4ccc5c(c4)Sc4ccccc4N5CC)cc3C#N)ccc21. The zero-order chi connectivity index (χ0) is 31.6. The lowest BCUT2D eigenvalue weighted by atomic mass is 9.97. The van der Waals surface area contributed by atoms with E-state index in [1.54, 1.807) is 23.5 Å². The lowest BCUT2D eigenvalue weighted by molar-refractivity contribution is 0.979. The fraction of sp³-hybridized carbons (Fsp3) is 0.100. The van der Waals surface area contributed by atoms with Gasteiger partial charge in [0.25, 0.3) is 0 Å². The quantitative estimate of drug-likeness (QED) is 0.174. The lowest BCUT2D eigenvalue weighted by Gasteiger charge is -2.32. The summed E-state index contributed by atoms with van der Waals surface area (Å²) in [6.07, 6.45) is 7.91. The van der Waals surface area contributed by atoms with Crippen molar-refractivity contribution in [2.75, 3.05) is 22.9 Å². The van der Waals surface area contributed by atoms with Crippen molar-refractivity contribution in [3.8, 4) is 12.1 Å². The summed E-state index contributed by atoms with van der Waals surface area (Å²) in [5.74, 6) is 0. The van der Waals surface area contributed by atoms with Gasteiger partial charge >= 0.3 is 0 Å². The largest absolute Gasteiger partial charge is 0.340 e. The van der Waals surface area contributed by atoms with Gasteiger partial charge in [-0.05, 0) is 96.8 Å². The first kappa shape index (κ1) is 29.6. The second-order valence-corrected chi connectivity index (χ2v) is 13.2.